The van der Waals surface area contributed by atoms with Crippen LogP contribution < -0.4 is 4.74 Å². The zero-order valence-corrected chi connectivity index (χ0v) is 8.15. The first-order chi connectivity index (χ1) is 6.13. The van der Waals surface area contributed by atoms with Crippen molar-refractivity contribution in [3.05, 3.63) is 11.8 Å². The molecule has 4 heteroatoms. The van der Waals surface area contributed by atoms with E-state index in [2.05, 4.69) is 18.9 Å². The molecule has 0 aromatic carbocycles. The van der Waals surface area contributed by atoms with Gasteiger partial charge in [-0.1, -0.05) is 13.8 Å². The van der Waals surface area contributed by atoms with Crippen molar-refractivity contribution in [3.8, 4) is 5.88 Å². The van der Waals surface area contributed by atoms with Crippen LogP contribution in [0.4, 0.5) is 0 Å². The number of rotatable bonds is 4. The highest BCUT2D eigenvalue weighted by molar-refractivity contribution is 5.43. The van der Waals surface area contributed by atoms with Crippen LogP contribution in [0, 0.1) is 5.92 Å². The molecule has 0 unspecified atom stereocenters. The van der Waals surface area contributed by atoms with Crippen molar-refractivity contribution < 1.29 is 9.53 Å². The van der Waals surface area contributed by atoms with Gasteiger partial charge in [-0.3, -0.25) is 4.79 Å². The van der Waals surface area contributed by atoms with E-state index >= 15 is 0 Å². The maximum atomic E-state index is 10.1. The molecule has 1 heterocycles. The fourth-order valence-electron chi connectivity index (χ4n) is 1.18. The highest BCUT2D eigenvalue weighted by atomic mass is 16.5. The van der Waals surface area contributed by atoms with E-state index in [4.69, 9.17) is 4.74 Å². The van der Waals surface area contributed by atoms with E-state index < -0.39 is 0 Å². The maximum Gasteiger partial charge on any atom is 0.299 e. The second-order valence-corrected chi connectivity index (χ2v) is 3.41. The van der Waals surface area contributed by atoms with Gasteiger partial charge in [0, 0.05) is 13.1 Å². The molecule has 0 radical (unpaired) electrons. The number of hydrogen-bond acceptors (Lipinski definition) is 3. The Balaban J connectivity index is 2.75. The molecular formula is C9H14N2O2. The van der Waals surface area contributed by atoms with Crippen molar-refractivity contribution in [2.24, 2.45) is 13.0 Å². The lowest BCUT2D eigenvalue weighted by molar-refractivity contribution is -0.121. The van der Waals surface area contributed by atoms with Crippen LogP contribution in [0.3, 0.4) is 0 Å². The van der Waals surface area contributed by atoms with Crippen LogP contribution in [0.5, 0.6) is 5.88 Å². The van der Waals surface area contributed by atoms with Crippen molar-refractivity contribution in [2.75, 3.05) is 0 Å². The van der Waals surface area contributed by atoms with E-state index in [0.29, 0.717) is 18.3 Å². The lowest BCUT2D eigenvalue weighted by Gasteiger charge is -1.98. The molecule has 0 amide bonds. The number of ether oxygens (including phenoxy) is 1. The molecule has 0 atom stereocenters. The molecule has 0 spiro atoms. The first kappa shape index (κ1) is 9.77. The van der Waals surface area contributed by atoms with Crippen molar-refractivity contribution in [3.63, 3.8) is 0 Å². The summed E-state index contributed by atoms with van der Waals surface area (Å²) < 4.78 is 6.28. The number of carbonyl (C=O) groups excluding carboxylic acids is 1. The van der Waals surface area contributed by atoms with Crippen LogP contribution in [-0.4, -0.2) is 16.3 Å². The van der Waals surface area contributed by atoms with Crippen LogP contribution in [0.25, 0.3) is 0 Å². The number of hydrogen-bond donors (Lipinski definition) is 0. The number of aryl methyl sites for hydroxylation is 1. The predicted molar refractivity (Wildman–Crippen MR) is 48.4 cm³/mol. The molecule has 13 heavy (non-hydrogen) atoms. The second kappa shape index (κ2) is 4.07. The van der Waals surface area contributed by atoms with Gasteiger partial charge < -0.3 is 4.74 Å². The van der Waals surface area contributed by atoms with Gasteiger partial charge in [0.25, 0.3) is 6.47 Å². The zero-order valence-electron chi connectivity index (χ0n) is 8.15. The van der Waals surface area contributed by atoms with Crippen molar-refractivity contribution in [2.45, 2.75) is 20.3 Å². The molecule has 1 aromatic rings. The zero-order chi connectivity index (χ0) is 9.84. The lowest BCUT2D eigenvalue weighted by Crippen LogP contribution is -1.98. The molecule has 0 saturated heterocycles. The number of aromatic nitrogens is 2. The van der Waals surface area contributed by atoms with Gasteiger partial charge in [-0.05, 0) is 12.3 Å². The Kier molecular flexibility index (Phi) is 3.06. The summed E-state index contributed by atoms with van der Waals surface area (Å²) in [7, 11) is 1.75. The van der Waals surface area contributed by atoms with Crippen LogP contribution in [0.2, 0.25) is 0 Å². The summed E-state index contributed by atoms with van der Waals surface area (Å²) in [6.45, 7) is 4.65. The number of nitrogens with zero attached hydrogens (tertiary/aromatic N) is 2. The fraction of sp³-hybridized carbons (Fsp3) is 0.556. The average molecular weight is 182 g/mol. The van der Waals surface area contributed by atoms with Crippen molar-refractivity contribution in [1.29, 1.82) is 0 Å². The molecule has 4 nitrogen and oxygen atoms in total. The quantitative estimate of drug-likeness (QED) is 0.656. The standard InChI is InChI=1S/C9H14N2O2/c1-7(2)4-8-5-9(13-6-12)11(3)10-8/h5-7H,4H2,1-3H3. The smallest absolute Gasteiger partial charge is 0.299 e. The molecule has 0 aliphatic heterocycles. The Bertz CT molecular complexity index is 292. The summed E-state index contributed by atoms with van der Waals surface area (Å²) in [6.07, 6.45) is 0.899. The monoisotopic (exact) mass is 182 g/mol. The fourth-order valence-corrected chi connectivity index (χ4v) is 1.18. The predicted octanol–water partition coefficient (Wildman–Crippen LogP) is 1.15. The topological polar surface area (TPSA) is 44.1 Å². The molecule has 0 saturated carbocycles. The second-order valence-electron chi connectivity index (χ2n) is 3.41. The Morgan fingerprint density at radius 2 is 2.38 bits per heavy atom. The third kappa shape index (κ3) is 2.57. The van der Waals surface area contributed by atoms with Gasteiger partial charge in [0.15, 0.2) is 0 Å². The summed E-state index contributed by atoms with van der Waals surface area (Å²) in [4.78, 5) is 10.1. The van der Waals surface area contributed by atoms with E-state index in [1.165, 1.54) is 0 Å². The molecule has 0 aliphatic rings. The first-order valence-corrected chi connectivity index (χ1v) is 4.26. The molecule has 0 N–H and O–H groups in total. The van der Waals surface area contributed by atoms with E-state index in [1.54, 1.807) is 17.8 Å². The SMILES string of the molecule is CC(C)Cc1cc(OC=O)n(C)n1. The minimum absolute atomic E-state index is 0.413. The lowest BCUT2D eigenvalue weighted by atomic mass is 10.1. The molecular weight excluding hydrogens is 168 g/mol. The van der Waals surface area contributed by atoms with Crippen molar-refractivity contribution >= 4 is 6.47 Å². The van der Waals surface area contributed by atoms with Gasteiger partial charge in [0.05, 0.1) is 5.69 Å². The molecule has 0 bridgehead atoms. The summed E-state index contributed by atoms with van der Waals surface area (Å²) in [5.41, 5.74) is 0.953. The van der Waals surface area contributed by atoms with Gasteiger partial charge in [-0.25, -0.2) is 4.68 Å². The Hall–Kier alpha value is -1.32. The Morgan fingerprint density at radius 1 is 1.69 bits per heavy atom. The first-order valence-electron chi connectivity index (χ1n) is 4.26. The summed E-state index contributed by atoms with van der Waals surface area (Å²) in [5.74, 6) is 1.05. The van der Waals surface area contributed by atoms with Gasteiger partial charge in [-0.15, -0.1) is 0 Å². The average Bonchev–Trinajstić information content (AvgIpc) is 2.31. The summed E-state index contributed by atoms with van der Waals surface area (Å²) in [6, 6.07) is 1.79. The highest BCUT2D eigenvalue weighted by Crippen LogP contribution is 2.14. The Labute approximate surface area is 77.5 Å². The van der Waals surface area contributed by atoms with Crippen LogP contribution in [0.15, 0.2) is 6.07 Å². The maximum absolute atomic E-state index is 10.1. The highest BCUT2D eigenvalue weighted by Gasteiger charge is 2.06. The van der Waals surface area contributed by atoms with E-state index in [0.717, 1.165) is 12.1 Å². The van der Waals surface area contributed by atoms with Gasteiger partial charge in [0.2, 0.25) is 5.88 Å². The summed E-state index contributed by atoms with van der Waals surface area (Å²) in [5, 5.41) is 4.20. The molecule has 1 rings (SSSR count). The number of carbonyl (C=O) groups is 1. The van der Waals surface area contributed by atoms with E-state index in [9.17, 15) is 4.79 Å². The Morgan fingerprint density at radius 3 is 2.92 bits per heavy atom. The van der Waals surface area contributed by atoms with Crippen LogP contribution >= 0.6 is 0 Å². The van der Waals surface area contributed by atoms with Crippen LogP contribution in [0.1, 0.15) is 19.5 Å². The molecule has 72 valence electrons. The van der Waals surface area contributed by atoms with Gasteiger partial charge >= 0.3 is 0 Å². The van der Waals surface area contributed by atoms with Crippen molar-refractivity contribution in [1.82, 2.24) is 9.78 Å². The summed E-state index contributed by atoms with van der Waals surface area (Å²) >= 11 is 0. The van der Waals surface area contributed by atoms with Gasteiger partial charge in [-0.2, -0.15) is 5.10 Å². The molecule has 0 aliphatic carbocycles. The van der Waals surface area contributed by atoms with E-state index in [1.807, 2.05) is 0 Å². The van der Waals surface area contributed by atoms with E-state index in [-0.39, 0.29) is 0 Å². The largest absolute Gasteiger partial charge is 0.410 e. The third-order valence-corrected chi connectivity index (χ3v) is 1.67. The third-order valence-electron chi connectivity index (χ3n) is 1.67. The minimum atomic E-state index is 0.413. The normalized spacial score (nSPS) is 10.5. The van der Waals surface area contributed by atoms with Gasteiger partial charge in [0.1, 0.15) is 0 Å². The molecule has 1 aromatic heterocycles. The molecule has 0 fully saturated rings. The minimum Gasteiger partial charge on any atom is -0.410 e. The van der Waals surface area contributed by atoms with Crippen LogP contribution in [-0.2, 0) is 18.3 Å².